The molecule has 0 amide bonds. The summed E-state index contributed by atoms with van der Waals surface area (Å²) in [5, 5.41) is 4.12. The summed E-state index contributed by atoms with van der Waals surface area (Å²) in [7, 11) is 0. The molecule has 1 aliphatic rings. The number of hydrogen-bond acceptors (Lipinski definition) is 3. The number of benzene rings is 1. The molecular weight excluding hydrogens is 300 g/mol. The van der Waals surface area contributed by atoms with E-state index in [1.807, 2.05) is 0 Å². The first-order chi connectivity index (χ1) is 12.6. The normalized spacial score (nSPS) is 19.1. The number of rotatable bonds is 6. The van der Waals surface area contributed by atoms with Crippen molar-refractivity contribution in [3.05, 3.63) is 47.2 Å². The van der Waals surface area contributed by atoms with Crippen molar-refractivity contribution >= 4 is 0 Å². The molecule has 1 fully saturated rings. The largest absolute Gasteiger partial charge is 0.473 e. The van der Waals surface area contributed by atoms with E-state index in [1.54, 1.807) is 0 Å². The first-order valence-corrected chi connectivity index (χ1v) is 7.58. The number of hydrogen-bond donors (Lipinski definition) is 1. The molecule has 0 bridgehead atoms. The fourth-order valence-corrected chi connectivity index (χ4v) is 2.80. The van der Waals surface area contributed by atoms with Gasteiger partial charge in [0.2, 0.25) is 5.88 Å². The average molecular weight is 325 g/mol. The maximum Gasteiger partial charge on any atom is 0.212 e. The third-order valence-electron chi connectivity index (χ3n) is 3.99. The molecule has 23 heavy (non-hydrogen) atoms. The van der Waals surface area contributed by atoms with Crippen LogP contribution in [0.4, 0.5) is 8.78 Å². The van der Waals surface area contributed by atoms with Crippen LogP contribution >= 0.6 is 0 Å². The molecule has 0 atom stereocenters. The van der Waals surface area contributed by atoms with Crippen LogP contribution in [0.1, 0.15) is 42.4 Å². The average Bonchev–Trinajstić information content (AvgIpc) is 3.20. The van der Waals surface area contributed by atoms with Crippen LogP contribution in [0.15, 0.2) is 24.3 Å². The summed E-state index contributed by atoms with van der Waals surface area (Å²) in [6, 6.07) is 3.64. The maximum atomic E-state index is 14.0. The van der Waals surface area contributed by atoms with E-state index in [1.165, 1.54) is 10.7 Å². The Balaban J connectivity index is 1.93. The molecule has 124 valence electrons. The van der Waals surface area contributed by atoms with E-state index < -0.39 is 30.3 Å². The molecular formula is C17H21F2N3O. The fraction of sp³-hybridized carbons (Fsp3) is 0.471. The van der Waals surface area contributed by atoms with E-state index in [0.29, 0.717) is 12.5 Å². The third kappa shape index (κ3) is 3.88. The Bertz CT molecular complexity index is 817. The zero-order valence-corrected chi connectivity index (χ0v) is 12.6. The number of halogens is 2. The van der Waals surface area contributed by atoms with Crippen LogP contribution in [-0.4, -0.2) is 9.78 Å². The lowest BCUT2D eigenvalue weighted by Gasteiger charge is -2.13. The smallest absolute Gasteiger partial charge is 0.212 e. The molecule has 0 spiro atoms. The van der Waals surface area contributed by atoms with Crippen LogP contribution in [-0.2, 0) is 19.6 Å². The molecule has 1 aromatic heterocycles. The molecule has 3 rings (SSSR count). The Morgan fingerprint density at radius 3 is 2.83 bits per heavy atom. The fourth-order valence-electron chi connectivity index (χ4n) is 2.80. The van der Waals surface area contributed by atoms with Crippen molar-refractivity contribution in [3.8, 4) is 5.88 Å². The van der Waals surface area contributed by atoms with Gasteiger partial charge in [-0.05, 0) is 37.0 Å². The van der Waals surface area contributed by atoms with Crippen molar-refractivity contribution in [1.82, 2.24) is 9.78 Å². The Labute approximate surface area is 139 Å². The first kappa shape index (κ1) is 11.6. The number of nitrogens with zero attached hydrogens (tertiary/aromatic N) is 2. The second kappa shape index (κ2) is 7.08. The van der Waals surface area contributed by atoms with Crippen molar-refractivity contribution in [1.29, 1.82) is 0 Å². The van der Waals surface area contributed by atoms with E-state index in [2.05, 4.69) is 5.10 Å². The predicted molar refractivity (Wildman–Crippen MR) is 82.8 cm³/mol. The first-order valence-electron chi connectivity index (χ1n) is 9.58. The molecule has 1 aliphatic carbocycles. The molecule has 1 aromatic carbocycles. The standard InChI is InChI=1S/C17H21F2N3O/c18-14-5-6-16(19)13(7-14)11-23-17-8-15(9-20)21-22(17)10-12-3-1-2-4-12/h5-8,12H,1-4,9-11,20H2/i9D2,11D2. The van der Waals surface area contributed by atoms with Crippen molar-refractivity contribution in [2.75, 3.05) is 0 Å². The number of nitrogens with two attached hydrogens (primary N) is 1. The molecule has 0 saturated heterocycles. The predicted octanol–water partition coefficient (Wildman–Crippen LogP) is 3.39. The molecule has 0 unspecified atom stereocenters. The highest BCUT2D eigenvalue weighted by molar-refractivity contribution is 5.20. The number of ether oxygens (including phenoxy) is 1. The lowest BCUT2D eigenvalue weighted by Crippen LogP contribution is -2.12. The van der Waals surface area contributed by atoms with Gasteiger partial charge in [0.15, 0.2) is 0 Å². The summed E-state index contributed by atoms with van der Waals surface area (Å²) >= 11 is 0. The van der Waals surface area contributed by atoms with Crippen LogP contribution in [0.3, 0.4) is 0 Å². The SMILES string of the molecule is [2H]C([2H])(N)c1cc(OC([2H])([2H])c2cc(F)ccc2F)n(CC2CCCC2)n1. The summed E-state index contributed by atoms with van der Waals surface area (Å²) in [6.07, 6.45) is 4.13. The second-order valence-corrected chi connectivity index (χ2v) is 5.67. The van der Waals surface area contributed by atoms with E-state index >= 15 is 0 Å². The lowest BCUT2D eigenvalue weighted by atomic mass is 10.1. The minimum absolute atomic E-state index is 0.0834. The molecule has 6 heteroatoms. The maximum absolute atomic E-state index is 14.0. The van der Waals surface area contributed by atoms with Gasteiger partial charge >= 0.3 is 0 Å². The van der Waals surface area contributed by atoms with E-state index in [-0.39, 0.29) is 11.6 Å². The minimum atomic E-state index is -2.68. The third-order valence-corrected chi connectivity index (χ3v) is 3.99. The summed E-state index contributed by atoms with van der Waals surface area (Å²) in [6.45, 7) is -4.51. The van der Waals surface area contributed by atoms with Gasteiger partial charge in [0.1, 0.15) is 18.2 Å². The molecule has 2 aromatic rings. The van der Waals surface area contributed by atoms with Gasteiger partial charge in [-0.15, -0.1) is 0 Å². The number of aromatic nitrogens is 2. The van der Waals surface area contributed by atoms with E-state index in [0.717, 1.165) is 43.9 Å². The van der Waals surface area contributed by atoms with Gasteiger partial charge in [0.05, 0.1) is 8.44 Å². The lowest BCUT2D eigenvalue weighted by molar-refractivity contribution is 0.257. The zero-order chi connectivity index (χ0) is 19.8. The molecule has 4 nitrogen and oxygen atoms in total. The van der Waals surface area contributed by atoms with Gasteiger partial charge in [0, 0.05) is 27.4 Å². The van der Waals surface area contributed by atoms with E-state index in [9.17, 15) is 8.78 Å². The van der Waals surface area contributed by atoms with E-state index in [4.69, 9.17) is 16.0 Å². The Kier molecular flexibility index (Phi) is 3.56. The monoisotopic (exact) mass is 325 g/mol. The quantitative estimate of drug-likeness (QED) is 0.886. The second-order valence-electron chi connectivity index (χ2n) is 5.67. The Morgan fingerprint density at radius 2 is 2.09 bits per heavy atom. The highest BCUT2D eigenvalue weighted by Gasteiger charge is 2.19. The summed E-state index contributed by atoms with van der Waals surface area (Å²) in [5.41, 5.74) is 4.76. The van der Waals surface area contributed by atoms with Gasteiger partial charge in [-0.25, -0.2) is 13.5 Å². The van der Waals surface area contributed by atoms with Crippen LogP contribution < -0.4 is 10.5 Å². The van der Waals surface area contributed by atoms with Crippen LogP contribution in [0.2, 0.25) is 0 Å². The van der Waals surface area contributed by atoms with Crippen LogP contribution in [0.25, 0.3) is 0 Å². The Morgan fingerprint density at radius 1 is 1.30 bits per heavy atom. The van der Waals surface area contributed by atoms with Gasteiger partial charge < -0.3 is 10.5 Å². The molecule has 0 radical (unpaired) electrons. The van der Waals surface area contributed by atoms with Gasteiger partial charge in [-0.3, -0.25) is 0 Å². The van der Waals surface area contributed by atoms with Crippen molar-refractivity contribution < 1.29 is 19.0 Å². The topological polar surface area (TPSA) is 53.1 Å². The molecule has 1 saturated carbocycles. The van der Waals surface area contributed by atoms with Gasteiger partial charge in [0.25, 0.3) is 0 Å². The Hall–Kier alpha value is -1.95. The summed E-state index contributed by atoms with van der Waals surface area (Å²) in [5.74, 6) is -1.52. The summed E-state index contributed by atoms with van der Waals surface area (Å²) in [4.78, 5) is 0. The van der Waals surface area contributed by atoms with Gasteiger partial charge in [-0.2, -0.15) is 5.10 Å². The minimum Gasteiger partial charge on any atom is -0.473 e. The van der Waals surface area contributed by atoms with Crippen LogP contribution in [0, 0.1) is 17.6 Å². The molecule has 0 aliphatic heterocycles. The van der Waals surface area contributed by atoms with Crippen molar-refractivity contribution in [2.45, 2.75) is 45.3 Å². The van der Waals surface area contributed by atoms with Crippen LogP contribution in [0.5, 0.6) is 5.88 Å². The molecule has 1 heterocycles. The highest BCUT2D eigenvalue weighted by atomic mass is 19.1. The van der Waals surface area contributed by atoms with Gasteiger partial charge in [-0.1, -0.05) is 12.8 Å². The zero-order valence-electron chi connectivity index (χ0n) is 16.6. The van der Waals surface area contributed by atoms with Crippen molar-refractivity contribution in [2.24, 2.45) is 11.7 Å². The summed E-state index contributed by atoms with van der Waals surface area (Å²) < 4.78 is 65.5. The highest BCUT2D eigenvalue weighted by Crippen LogP contribution is 2.28. The molecule has 2 N–H and O–H groups in total. The van der Waals surface area contributed by atoms with Crippen molar-refractivity contribution in [3.63, 3.8) is 0 Å².